The van der Waals surface area contributed by atoms with Crippen molar-refractivity contribution in [1.82, 2.24) is 0 Å². The molecule has 0 fully saturated rings. The number of benzene rings is 1. The quantitative estimate of drug-likeness (QED) is 0.444. The van der Waals surface area contributed by atoms with Gasteiger partial charge in [-0.25, -0.2) is 8.42 Å². The molecule has 1 aromatic carbocycles. The highest BCUT2D eigenvalue weighted by Gasteiger charge is 2.07. The van der Waals surface area contributed by atoms with Crippen molar-refractivity contribution in [1.29, 1.82) is 0 Å². The van der Waals surface area contributed by atoms with Crippen LogP contribution in [0.25, 0.3) is 0 Å². The van der Waals surface area contributed by atoms with Gasteiger partial charge in [-0.1, -0.05) is 43.0 Å². The van der Waals surface area contributed by atoms with E-state index in [2.05, 4.69) is 12.3 Å². The Balaban J connectivity index is 2.64. The van der Waals surface area contributed by atoms with Crippen molar-refractivity contribution in [2.24, 2.45) is 0 Å². The van der Waals surface area contributed by atoms with Crippen molar-refractivity contribution in [3.05, 3.63) is 72.4 Å². The fourth-order valence-corrected chi connectivity index (χ4v) is 2.22. The molecule has 0 aliphatic heterocycles. The summed E-state index contributed by atoms with van der Waals surface area (Å²) in [5.74, 6) is 0. The van der Waals surface area contributed by atoms with Crippen LogP contribution in [0.4, 0.5) is 0 Å². The van der Waals surface area contributed by atoms with Gasteiger partial charge in [0.25, 0.3) is 0 Å². The maximum absolute atomic E-state index is 11.8. The van der Waals surface area contributed by atoms with Crippen LogP contribution in [0.2, 0.25) is 0 Å². The summed E-state index contributed by atoms with van der Waals surface area (Å²) in [5.41, 5.74) is 2.70. The van der Waals surface area contributed by atoms with Crippen LogP contribution in [0, 0.1) is 0 Å². The van der Waals surface area contributed by atoms with Gasteiger partial charge in [0.2, 0.25) is 9.84 Å². The molecule has 0 aromatic heterocycles. The van der Waals surface area contributed by atoms with Crippen LogP contribution in [0.5, 0.6) is 0 Å². The lowest BCUT2D eigenvalue weighted by Gasteiger charge is -1.95. The van der Waals surface area contributed by atoms with Crippen LogP contribution >= 0.6 is 0 Å². The van der Waals surface area contributed by atoms with Crippen molar-refractivity contribution in [2.45, 2.75) is 17.7 Å². The second kappa shape index (κ2) is 7.49. The largest absolute Gasteiger partial charge is 0.218 e. The van der Waals surface area contributed by atoms with Crippen LogP contribution in [0.1, 0.15) is 12.8 Å². The molecule has 0 unspecified atom stereocenters. The van der Waals surface area contributed by atoms with Gasteiger partial charge in [-0.3, -0.25) is 0 Å². The van der Waals surface area contributed by atoms with Crippen LogP contribution in [-0.2, 0) is 9.84 Å². The third-order valence-corrected chi connectivity index (χ3v) is 3.54. The molecule has 0 aliphatic rings. The molecule has 0 bridgehead atoms. The Hall–Kier alpha value is -1.83. The topological polar surface area (TPSA) is 34.1 Å². The zero-order valence-corrected chi connectivity index (χ0v) is 10.9. The molecule has 0 N–H and O–H groups in total. The Kier molecular flexibility index (Phi) is 5.92. The third kappa shape index (κ3) is 5.00. The van der Waals surface area contributed by atoms with Gasteiger partial charge in [0, 0.05) is 0 Å². The normalized spacial score (nSPS) is 10.9. The van der Waals surface area contributed by atoms with Crippen molar-refractivity contribution in [3.63, 3.8) is 0 Å². The number of sulfone groups is 1. The van der Waals surface area contributed by atoms with Gasteiger partial charge in [0.05, 0.1) is 10.3 Å². The highest BCUT2D eigenvalue weighted by molar-refractivity contribution is 7.94. The minimum Gasteiger partial charge on any atom is -0.218 e. The molecule has 18 heavy (non-hydrogen) atoms. The number of unbranched alkanes of at least 4 members (excludes halogenated alkanes) is 1. The van der Waals surface area contributed by atoms with E-state index in [1.807, 2.05) is 12.2 Å². The Bertz CT molecular complexity index is 560. The molecule has 0 amide bonds. The van der Waals surface area contributed by atoms with E-state index < -0.39 is 9.84 Å². The van der Waals surface area contributed by atoms with Crippen LogP contribution in [0.15, 0.2) is 77.2 Å². The molecule has 0 atom stereocenters. The van der Waals surface area contributed by atoms with Crippen molar-refractivity contribution < 1.29 is 8.42 Å². The Morgan fingerprint density at radius 1 is 1.17 bits per heavy atom. The first-order chi connectivity index (χ1) is 8.67. The standard InChI is InChI=1S/C15H16O2S/c1-2-3-4-5-6-7-11-14-18(16,17)15-12-9-8-10-13-15/h2-4,7-10,12-14H,1,5-6H2/b4-3+. The van der Waals surface area contributed by atoms with E-state index in [9.17, 15) is 8.42 Å². The first kappa shape index (κ1) is 14.2. The lowest BCUT2D eigenvalue weighted by Crippen LogP contribution is -1.94. The number of rotatable bonds is 6. The van der Waals surface area contributed by atoms with Crippen LogP contribution in [-0.4, -0.2) is 8.42 Å². The van der Waals surface area contributed by atoms with Crippen molar-refractivity contribution in [2.75, 3.05) is 0 Å². The van der Waals surface area contributed by atoms with Gasteiger partial charge in [-0.05, 0) is 31.1 Å². The summed E-state index contributed by atoms with van der Waals surface area (Å²) < 4.78 is 23.6. The van der Waals surface area contributed by atoms with E-state index in [0.717, 1.165) is 18.2 Å². The lowest BCUT2D eigenvalue weighted by molar-refractivity contribution is 0.604. The number of hydrogen-bond acceptors (Lipinski definition) is 2. The Morgan fingerprint density at radius 2 is 1.89 bits per heavy atom. The molecular formula is C15H16O2S. The molecule has 0 aliphatic carbocycles. The summed E-state index contributed by atoms with van der Waals surface area (Å²) in [6.45, 7) is 3.56. The van der Waals surface area contributed by atoms with Gasteiger partial charge in [0.15, 0.2) is 0 Å². The van der Waals surface area contributed by atoms with Crippen LogP contribution < -0.4 is 0 Å². The van der Waals surface area contributed by atoms with E-state index in [0.29, 0.717) is 0 Å². The van der Waals surface area contributed by atoms with E-state index in [1.54, 1.807) is 42.5 Å². The minimum absolute atomic E-state index is 0.289. The molecule has 1 aromatic rings. The molecule has 0 saturated carbocycles. The SMILES string of the molecule is C=C/C=C/CCC=C=CS(=O)(=O)c1ccccc1. The van der Waals surface area contributed by atoms with E-state index in [1.165, 1.54) is 0 Å². The molecule has 1 rings (SSSR count). The summed E-state index contributed by atoms with van der Waals surface area (Å²) >= 11 is 0. The molecule has 0 saturated heterocycles. The third-order valence-electron chi connectivity index (χ3n) is 2.16. The van der Waals surface area contributed by atoms with Gasteiger partial charge >= 0.3 is 0 Å². The fourth-order valence-electron chi connectivity index (χ4n) is 1.27. The predicted octanol–water partition coefficient (Wildman–Crippen LogP) is 3.65. The fraction of sp³-hybridized carbons (Fsp3) is 0.133. The molecule has 94 valence electrons. The summed E-state index contributed by atoms with van der Waals surface area (Å²) in [5, 5.41) is 1.11. The monoisotopic (exact) mass is 260 g/mol. The van der Waals surface area contributed by atoms with E-state index in [-0.39, 0.29) is 4.90 Å². The summed E-state index contributed by atoms with van der Waals surface area (Å²) in [4.78, 5) is 0.289. The summed E-state index contributed by atoms with van der Waals surface area (Å²) in [6, 6.07) is 8.32. The molecule has 2 nitrogen and oxygen atoms in total. The zero-order chi connectivity index (χ0) is 13.3. The maximum atomic E-state index is 11.8. The average Bonchev–Trinajstić information content (AvgIpc) is 2.39. The number of hydrogen-bond donors (Lipinski definition) is 0. The molecule has 3 heteroatoms. The predicted molar refractivity (Wildman–Crippen MR) is 74.9 cm³/mol. The zero-order valence-electron chi connectivity index (χ0n) is 10.1. The van der Waals surface area contributed by atoms with Gasteiger partial charge in [0.1, 0.15) is 0 Å². The molecule has 0 spiro atoms. The van der Waals surface area contributed by atoms with Crippen molar-refractivity contribution in [3.8, 4) is 0 Å². The lowest BCUT2D eigenvalue weighted by atomic mass is 10.3. The average molecular weight is 260 g/mol. The minimum atomic E-state index is -3.36. The maximum Gasteiger partial charge on any atom is 0.207 e. The Morgan fingerprint density at radius 3 is 2.56 bits per heavy atom. The Labute approximate surface area is 109 Å². The van der Waals surface area contributed by atoms with Crippen molar-refractivity contribution >= 4 is 9.84 Å². The second-order valence-corrected chi connectivity index (χ2v) is 5.39. The van der Waals surface area contributed by atoms with E-state index in [4.69, 9.17) is 0 Å². The smallest absolute Gasteiger partial charge is 0.207 e. The highest BCUT2D eigenvalue weighted by Crippen LogP contribution is 2.10. The summed E-state index contributed by atoms with van der Waals surface area (Å²) in [7, 11) is -3.36. The van der Waals surface area contributed by atoms with E-state index >= 15 is 0 Å². The second-order valence-electron chi connectivity index (χ2n) is 3.59. The molecule has 0 heterocycles. The van der Waals surface area contributed by atoms with Gasteiger partial charge < -0.3 is 0 Å². The number of allylic oxidation sites excluding steroid dienone is 4. The van der Waals surface area contributed by atoms with Gasteiger partial charge in [-0.15, -0.1) is 5.73 Å². The first-order valence-electron chi connectivity index (χ1n) is 5.65. The first-order valence-corrected chi connectivity index (χ1v) is 7.20. The molecule has 0 radical (unpaired) electrons. The molecular weight excluding hydrogens is 244 g/mol. The summed E-state index contributed by atoms with van der Waals surface area (Å²) in [6.07, 6.45) is 8.85. The van der Waals surface area contributed by atoms with Crippen LogP contribution in [0.3, 0.4) is 0 Å². The highest BCUT2D eigenvalue weighted by atomic mass is 32.2. The van der Waals surface area contributed by atoms with Gasteiger partial charge in [-0.2, -0.15) is 0 Å².